The van der Waals surface area contributed by atoms with Crippen molar-refractivity contribution in [3.05, 3.63) is 58.7 Å². The van der Waals surface area contributed by atoms with E-state index in [0.717, 1.165) is 12.1 Å². The maximum absolute atomic E-state index is 6.28. The molecular formula is C19H19Cl2N5. The third-order valence-corrected chi connectivity index (χ3v) is 4.67. The van der Waals surface area contributed by atoms with E-state index in [1.807, 2.05) is 36.4 Å². The fourth-order valence-electron chi connectivity index (χ4n) is 2.28. The molecule has 2 aromatic heterocycles. The average Bonchev–Trinajstić information content (AvgIpc) is 2.66. The lowest BCUT2D eigenvalue weighted by Gasteiger charge is -2.15. The molecule has 0 saturated heterocycles. The lowest BCUT2D eigenvalue weighted by molar-refractivity contribution is 0.753. The van der Waals surface area contributed by atoms with Gasteiger partial charge in [0.2, 0.25) is 5.95 Å². The molecule has 5 nitrogen and oxygen atoms in total. The normalized spacial score (nSPS) is 11.8. The van der Waals surface area contributed by atoms with E-state index in [2.05, 4.69) is 39.4 Å². The van der Waals surface area contributed by atoms with Gasteiger partial charge in [-0.25, -0.2) is 4.98 Å². The van der Waals surface area contributed by atoms with Crippen LogP contribution in [0.3, 0.4) is 0 Å². The van der Waals surface area contributed by atoms with Crippen LogP contribution in [-0.4, -0.2) is 21.0 Å². The van der Waals surface area contributed by atoms with Crippen molar-refractivity contribution >= 4 is 40.7 Å². The van der Waals surface area contributed by atoms with Gasteiger partial charge in [0.15, 0.2) is 0 Å². The first-order chi connectivity index (χ1) is 12.6. The summed E-state index contributed by atoms with van der Waals surface area (Å²) >= 11 is 12.4. The fourth-order valence-corrected chi connectivity index (χ4v) is 2.63. The summed E-state index contributed by atoms with van der Waals surface area (Å²) in [7, 11) is 0. The monoisotopic (exact) mass is 387 g/mol. The molecule has 0 aliphatic rings. The second-order valence-electron chi connectivity index (χ2n) is 5.86. The molecule has 1 aromatic carbocycles. The molecule has 2 heterocycles. The molecule has 0 bridgehead atoms. The molecule has 3 rings (SSSR count). The zero-order chi connectivity index (χ0) is 18.5. The number of nitrogens with zero attached hydrogens (tertiary/aromatic N) is 3. The summed E-state index contributed by atoms with van der Waals surface area (Å²) in [6, 6.07) is 13.2. The summed E-state index contributed by atoms with van der Waals surface area (Å²) in [4.78, 5) is 13.5. The van der Waals surface area contributed by atoms with Crippen molar-refractivity contribution in [1.82, 2.24) is 15.0 Å². The van der Waals surface area contributed by atoms with Crippen LogP contribution in [-0.2, 0) is 0 Å². The first-order valence-corrected chi connectivity index (χ1v) is 9.10. The van der Waals surface area contributed by atoms with Crippen LogP contribution in [0.2, 0.25) is 10.0 Å². The molecule has 2 N–H and O–H groups in total. The Bertz CT molecular complexity index is 886. The molecule has 0 aliphatic heterocycles. The predicted octanol–water partition coefficient (Wildman–Crippen LogP) is 5.80. The fraction of sp³-hybridized carbons (Fsp3) is 0.211. The molecule has 7 heteroatoms. The van der Waals surface area contributed by atoms with E-state index >= 15 is 0 Å². The summed E-state index contributed by atoms with van der Waals surface area (Å²) in [5.41, 5.74) is 2.16. The highest BCUT2D eigenvalue weighted by Crippen LogP contribution is 2.32. The van der Waals surface area contributed by atoms with E-state index in [0.29, 0.717) is 33.2 Å². The Hall–Kier alpha value is -2.37. The Morgan fingerprint density at radius 2 is 1.88 bits per heavy atom. The standard InChI is InChI=1S/C19H19Cl2N5/c1-3-12(2)23-19-25-16(14-8-4-5-10-22-14)11-17(26-19)24-15-9-6-7-13(20)18(15)21/h4-12H,3H2,1-2H3,(H2,23,24,25,26)/t12-/m0/s1. The van der Waals surface area contributed by atoms with Gasteiger partial charge in [-0.15, -0.1) is 0 Å². The summed E-state index contributed by atoms with van der Waals surface area (Å²) in [6.45, 7) is 4.18. The Kier molecular flexibility index (Phi) is 5.91. The van der Waals surface area contributed by atoms with E-state index < -0.39 is 0 Å². The highest BCUT2D eigenvalue weighted by Gasteiger charge is 2.11. The van der Waals surface area contributed by atoms with Gasteiger partial charge in [-0.3, -0.25) is 4.98 Å². The summed E-state index contributed by atoms with van der Waals surface area (Å²) in [5.74, 6) is 1.14. The van der Waals surface area contributed by atoms with Crippen LogP contribution >= 0.6 is 23.2 Å². The van der Waals surface area contributed by atoms with Crippen molar-refractivity contribution in [2.45, 2.75) is 26.3 Å². The van der Waals surface area contributed by atoms with Crippen LogP contribution < -0.4 is 10.6 Å². The van der Waals surface area contributed by atoms with Crippen molar-refractivity contribution in [2.24, 2.45) is 0 Å². The first-order valence-electron chi connectivity index (χ1n) is 8.35. The quantitative estimate of drug-likeness (QED) is 0.559. The lowest BCUT2D eigenvalue weighted by atomic mass is 10.2. The van der Waals surface area contributed by atoms with Gasteiger partial charge < -0.3 is 10.6 Å². The molecule has 0 spiro atoms. The minimum Gasteiger partial charge on any atom is -0.352 e. The molecule has 134 valence electrons. The number of rotatable bonds is 6. The van der Waals surface area contributed by atoms with Crippen molar-refractivity contribution in [1.29, 1.82) is 0 Å². The van der Waals surface area contributed by atoms with Crippen LogP contribution in [0, 0.1) is 0 Å². The molecule has 0 amide bonds. The highest BCUT2D eigenvalue weighted by molar-refractivity contribution is 6.43. The minimum absolute atomic E-state index is 0.247. The van der Waals surface area contributed by atoms with Crippen LogP contribution in [0.4, 0.5) is 17.5 Å². The zero-order valence-corrected chi connectivity index (χ0v) is 16.0. The van der Waals surface area contributed by atoms with Crippen molar-refractivity contribution in [3.63, 3.8) is 0 Å². The first kappa shape index (κ1) is 18.4. The summed E-state index contributed by atoms with van der Waals surface area (Å²) in [5, 5.41) is 7.45. The predicted molar refractivity (Wildman–Crippen MR) is 108 cm³/mol. The van der Waals surface area contributed by atoms with Crippen molar-refractivity contribution in [3.8, 4) is 11.4 Å². The molecule has 26 heavy (non-hydrogen) atoms. The zero-order valence-electron chi connectivity index (χ0n) is 14.5. The van der Waals surface area contributed by atoms with E-state index in [9.17, 15) is 0 Å². The number of halogens is 2. The second-order valence-corrected chi connectivity index (χ2v) is 6.64. The Morgan fingerprint density at radius 3 is 2.62 bits per heavy atom. The maximum Gasteiger partial charge on any atom is 0.225 e. The number of pyridine rings is 1. The van der Waals surface area contributed by atoms with Gasteiger partial charge in [-0.05, 0) is 37.6 Å². The molecule has 0 saturated carbocycles. The second kappa shape index (κ2) is 8.34. The third kappa shape index (κ3) is 4.42. The van der Waals surface area contributed by atoms with E-state index in [1.165, 1.54) is 0 Å². The minimum atomic E-state index is 0.247. The van der Waals surface area contributed by atoms with Gasteiger partial charge >= 0.3 is 0 Å². The molecule has 0 radical (unpaired) electrons. The number of hydrogen-bond donors (Lipinski definition) is 2. The van der Waals surface area contributed by atoms with Gasteiger partial charge in [0.05, 0.1) is 27.1 Å². The number of nitrogens with one attached hydrogen (secondary N) is 2. The largest absolute Gasteiger partial charge is 0.352 e. The van der Waals surface area contributed by atoms with Gasteiger partial charge in [-0.1, -0.05) is 42.3 Å². The topological polar surface area (TPSA) is 62.7 Å². The number of benzene rings is 1. The summed E-state index contributed by atoms with van der Waals surface area (Å²) in [6.07, 6.45) is 2.69. The maximum atomic E-state index is 6.28. The Balaban J connectivity index is 2.00. The van der Waals surface area contributed by atoms with E-state index in [4.69, 9.17) is 23.2 Å². The number of anilines is 3. The summed E-state index contributed by atoms with van der Waals surface area (Å²) < 4.78 is 0. The van der Waals surface area contributed by atoms with Crippen LogP contribution in [0.25, 0.3) is 11.4 Å². The molecule has 0 fully saturated rings. The van der Waals surface area contributed by atoms with Gasteiger partial charge in [-0.2, -0.15) is 4.98 Å². The molecule has 0 unspecified atom stereocenters. The van der Waals surface area contributed by atoms with Crippen molar-refractivity contribution < 1.29 is 0 Å². The van der Waals surface area contributed by atoms with Crippen molar-refractivity contribution in [2.75, 3.05) is 10.6 Å². The average molecular weight is 388 g/mol. The van der Waals surface area contributed by atoms with Crippen LogP contribution in [0.15, 0.2) is 48.7 Å². The Labute approximate surface area is 162 Å². The molecule has 0 aliphatic carbocycles. The van der Waals surface area contributed by atoms with Crippen LogP contribution in [0.5, 0.6) is 0 Å². The smallest absolute Gasteiger partial charge is 0.225 e. The molecule has 3 aromatic rings. The van der Waals surface area contributed by atoms with Gasteiger partial charge in [0, 0.05) is 18.3 Å². The van der Waals surface area contributed by atoms with E-state index in [-0.39, 0.29) is 6.04 Å². The number of aromatic nitrogens is 3. The van der Waals surface area contributed by atoms with Gasteiger partial charge in [0.1, 0.15) is 5.82 Å². The lowest BCUT2D eigenvalue weighted by Crippen LogP contribution is -2.16. The number of hydrogen-bond acceptors (Lipinski definition) is 5. The SMILES string of the molecule is CC[C@H](C)Nc1nc(Nc2cccc(Cl)c2Cl)cc(-c2ccccn2)n1. The Morgan fingerprint density at radius 1 is 1.04 bits per heavy atom. The molecule has 1 atom stereocenters. The third-order valence-electron chi connectivity index (χ3n) is 3.86. The molecular weight excluding hydrogens is 369 g/mol. The van der Waals surface area contributed by atoms with Gasteiger partial charge in [0.25, 0.3) is 0 Å². The van der Waals surface area contributed by atoms with Crippen LogP contribution in [0.1, 0.15) is 20.3 Å². The van der Waals surface area contributed by atoms with E-state index in [1.54, 1.807) is 12.3 Å². The highest BCUT2D eigenvalue weighted by atomic mass is 35.5.